The van der Waals surface area contributed by atoms with Gasteiger partial charge in [-0.15, -0.1) is 0 Å². The van der Waals surface area contributed by atoms with Crippen molar-refractivity contribution < 1.29 is 14.9 Å². The molecule has 2 spiro atoms. The Morgan fingerprint density at radius 3 is 2.06 bits per heavy atom. The first-order valence-electron chi connectivity index (χ1n) is 14.3. The second kappa shape index (κ2) is 6.60. The van der Waals surface area contributed by atoms with Crippen LogP contribution in [0.3, 0.4) is 0 Å². The van der Waals surface area contributed by atoms with Gasteiger partial charge in [0.25, 0.3) is 0 Å². The third kappa shape index (κ3) is 2.59. The molecule has 5 unspecified atom stereocenters. The minimum atomic E-state index is -0.407. The van der Waals surface area contributed by atoms with Gasteiger partial charge in [0.05, 0.1) is 23.9 Å². The van der Waals surface area contributed by atoms with Crippen LogP contribution in [0.4, 0.5) is 0 Å². The van der Waals surface area contributed by atoms with Crippen molar-refractivity contribution in [2.24, 2.45) is 50.7 Å². The predicted molar refractivity (Wildman–Crippen MR) is 132 cm³/mol. The van der Waals surface area contributed by atoms with E-state index in [1.165, 1.54) is 51.4 Å². The molecule has 6 fully saturated rings. The van der Waals surface area contributed by atoms with Crippen LogP contribution in [-0.2, 0) is 4.74 Å². The summed E-state index contributed by atoms with van der Waals surface area (Å²) in [7, 11) is 0. The largest absolute Gasteiger partial charge is 0.393 e. The summed E-state index contributed by atoms with van der Waals surface area (Å²) < 4.78 is 6.46. The molecule has 2 N–H and O–H groups in total. The van der Waals surface area contributed by atoms with Crippen molar-refractivity contribution in [1.82, 2.24) is 0 Å². The number of aliphatic hydroxyl groups is 2. The Labute approximate surface area is 202 Å². The lowest BCUT2D eigenvalue weighted by Crippen LogP contribution is -2.57. The SMILES string of the molecule is C[C@H](C1CC(O)C(C)(C)O1)[C@H]1CC[C@@]2(C)[C@@H]3CCC4C(C)(C)[C@@H](O)CCC45CC35CC[C@]12C. The molecule has 0 aromatic rings. The van der Waals surface area contributed by atoms with Crippen LogP contribution in [0.2, 0.25) is 0 Å². The Morgan fingerprint density at radius 2 is 1.39 bits per heavy atom. The van der Waals surface area contributed by atoms with E-state index < -0.39 is 5.60 Å². The van der Waals surface area contributed by atoms with E-state index in [0.29, 0.717) is 39.4 Å². The van der Waals surface area contributed by atoms with Gasteiger partial charge in [-0.05, 0) is 122 Å². The van der Waals surface area contributed by atoms with Crippen molar-refractivity contribution in [3.63, 3.8) is 0 Å². The van der Waals surface area contributed by atoms with Crippen molar-refractivity contribution in [1.29, 1.82) is 0 Å². The molecular weight excluding hydrogens is 408 g/mol. The van der Waals surface area contributed by atoms with Crippen LogP contribution in [0.1, 0.15) is 113 Å². The van der Waals surface area contributed by atoms with Crippen molar-refractivity contribution in [2.45, 2.75) is 137 Å². The molecule has 33 heavy (non-hydrogen) atoms. The quantitative estimate of drug-likeness (QED) is 0.507. The summed E-state index contributed by atoms with van der Waals surface area (Å²) in [5.74, 6) is 2.78. The highest BCUT2D eigenvalue weighted by molar-refractivity contribution is 5.30. The molecule has 0 bridgehead atoms. The van der Waals surface area contributed by atoms with Gasteiger partial charge in [-0.3, -0.25) is 0 Å². The highest BCUT2D eigenvalue weighted by Gasteiger charge is 2.82. The fourth-order valence-electron chi connectivity index (χ4n) is 11.8. The van der Waals surface area contributed by atoms with Gasteiger partial charge in [0.2, 0.25) is 0 Å². The maximum Gasteiger partial charge on any atom is 0.0889 e. The summed E-state index contributed by atoms with van der Waals surface area (Å²) in [5, 5.41) is 21.5. The fourth-order valence-corrected chi connectivity index (χ4v) is 11.8. The normalized spacial score (nSPS) is 59.2. The molecule has 0 aromatic heterocycles. The summed E-state index contributed by atoms with van der Waals surface area (Å²) in [6.45, 7) is 16.6. The van der Waals surface area contributed by atoms with Gasteiger partial charge < -0.3 is 14.9 Å². The lowest BCUT2D eigenvalue weighted by molar-refractivity contribution is -0.166. The van der Waals surface area contributed by atoms with E-state index in [1.54, 1.807) is 0 Å². The van der Waals surface area contributed by atoms with Crippen LogP contribution >= 0.6 is 0 Å². The van der Waals surface area contributed by atoms with Crippen LogP contribution in [-0.4, -0.2) is 34.1 Å². The van der Waals surface area contributed by atoms with Gasteiger partial charge in [0, 0.05) is 6.42 Å². The van der Waals surface area contributed by atoms with E-state index in [1.807, 2.05) is 0 Å². The third-order valence-electron chi connectivity index (χ3n) is 14.1. The summed E-state index contributed by atoms with van der Waals surface area (Å²) in [5.41, 5.74) is 1.55. The van der Waals surface area contributed by atoms with Crippen LogP contribution in [0.15, 0.2) is 0 Å². The Kier molecular flexibility index (Phi) is 4.66. The van der Waals surface area contributed by atoms with Crippen LogP contribution < -0.4 is 0 Å². The zero-order chi connectivity index (χ0) is 23.8. The van der Waals surface area contributed by atoms with Crippen molar-refractivity contribution >= 4 is 0 Å². The molecule has 0 radical (unpaired) electrons. The predicted octanol–water partition coefficient (Wildman–Crippen LogP) is 6.35. The van der Waals surface area contributed by atoms with E-state index in [9.17, 15) is 10.2 Å². The van der Waals surface area contributed by atoms with Crippen molar-refractivity contribution in [3.8, 4) is 0 Å². The van der Waals surface area contributed by atoms with Crippen LogP contribution in [0.5, 0.6) is 0 Å². The molecular formula is C30H50O3. The highest BCUT2D eigenvalue weighted by Crippen LogP contribution is 2.89. The maximum absolute atomic E-state index is 10.9. The van der Waals surface area contributed by atoms with E-state index in [0.717, 1.165) is 18.8 Å². The lowest BCUT2D eigenvalue weighted by atomic mass is 9.41. The van der Waals surface area contributed by atoms with Gasteiger partial charge in [-0.1, -0.05) is 34.6 Å². The molecule has 0 amide bonds. The number of hydrogen-bond acceptors (Lipinski definition) is 3. The zero-order valence-electron chi connectivity index (χ0n) is 22.4. The van der Waals surface area contributed by atoms with Gasteiger partial charge in [-0.2, -0.15) is 0 Å². The first-order chi connectivity index (χ1) is 15.3. The van der Waals surface area contributed by atoms with E-state index in [-0.39, 0.29) is 23.7 Å². The smallest absolute Gasteiger partial charge is 0.0889 e. The molecule has 5 saturated carbocycles. The Balaban J connectivity index is 1.29. The zero-order valence-corrected chi connectivity index (χ0v) is 22.4. The van der Waals surface area contributed by atoms with Crippen LogP contribution in [0, 0.1) is 50.7 Å². The average molecular weight is 459 g/mol. The number of hydrogen-bond donors (Lipinski definition) is 2. The van der Waals surface area contributed by atoms with Crippen molar-refractivity contribution in [3.05, 3.63) is 0 Å². The van der Waals surface area contributed by atoms with Gasteiger partial charge in [-0.25, -0.2) is 0 Å². The molecule has 6 rings (SSSR count). The highest BCUT2D eigenvalue weighted by atomic mass is 16.5. The molecule has 0 aromatic carbocycles. The van der Waals surface area contributed by atoms with Gasteiger partial charge >= 0.3 is 0 Å². The second-order valence-corrected chi connectivity index (χ2v) is 15.4. The van der Waals surface area contributed by atoms with Crippen LogP contribution in [0.25, 0.3) is 0 Å². The fraction of sp³-hybridized carbons (Fsp3) is 1.00. The summed E-state index contributed by atoms with van der Waals surface area (Å²) >= 11 is 0. The minimum Gasteiger partial charge on any atom is -0.393 e. The Bertz CT molecular complexity index is 834. The molecule has 1 aliphatic heterocycles. The van der Waals surface area contributed by atoms with E-state index in [2.05, 4.69) is 48.5 Å². The van der Waals surface area contributed by atoms with Gasteiger partial charge in [0.15, 0.2) is 0 Å². The topological polar surface area (TPSA) is 49.7 Å². The number of rotatable bonds is 2. The van der Waals surface area contributed by atoms with E-state index >= 15 is 0 Å². The standard InChI is InChI=1S/C30H50O3/c1-18(20-16-24(32)26(4,5)33-20)19-10-12-28(7)22-9-8-21-25(2,3)23(31)11-13-29(21)17-30(22,29)15-14-27(19,28)6/h18-24,31-32H,8-17H2,1-7H3/t18-,19+,20?,21?,22-,23-,24?,27+,28-,29?,30?/m0/s1. The summed E-state index contributed by atoms with van der Waals surface area (Å²) in [4.78, 5) is 0. The number of fused-ring (bicyclic) bond motifs is 2. The average Bonchev–Trinajstić information content (AvgIpc) is 3.21. The van der Waals surface area contributed by atoms with Gasteiger partial charge in [0.1, 0.15) is 0 Å². The Hall–Kier alpha value is -0.120. The van der Waals surface area contributed by atoms with E-state index in [4.69, 9.17) is 4.74 Å². The molecule has 3 heteroatoms. The second-order valence-electron chi connectivity index (χ2n) is 15.4. The first-order valence-corrected chi connectivity index (χ1v) is 14.3. The minimum absolute atomic E-state index is 0.0779. The number of aliphatic hydroxyl groups excluding tert-OH is 2. The molecule has 5 aliphatic carbocycles. The third-order valence-corrected chi connectivity index (χ3v) is 14.1. The van der Waals surface area contributed by atoms with Crippen molar-refractivity contribution in [2.75, 3.05) is 0 Å². The molecule has 6 aliphatic rings. The summed E-state index contributed by atoms with van der Waals surface area (Å²) in [6.07, 6.45) is 12.5. The molecule has 1 saturated heterocycles. The molecule has 1 heterocycles. The molecule has 188 valence electrons. The summed E-state index contributed by atoms with van der Waals surface area (Å²) in [6, 6.07) is 0. The molecule has 3 nitrogen and oxygen atoms in total. The maximum atomic E-state index is 10.9. The molecule has 11 atom stereocenters. The lowest BCUT2D eigenvalue weighted by Gasteiger charge is -2.63. The monoisotopic (exact) mass is 458 g/mol. The number of ether oxygens (including phenoxy) is 1. The Morgan fingerprint density at radius 1 is 0.727 bits per heavy atom. The first kappa shape index (κ1) is 23.3.